The first kappa shape index (κ1) is 11.3. The van der Waals surface area contributed by atoms with E-state index in [9.17, 15) is 17.6 Å². The number of benzene rings is 1. The van der Waals surface area contributed by atoms with Crippen LogP contribution in [0, 0.1) is 5.82 Å². The molecule has 0 aliphatic carbocycles. The second-order valence-corrected chi connectivity index (χ2v) is 3.32. The highest BCUT2D eigenvalue weighted by Gasteiger charge is 2.34. The highest BCUT2D eigenvalue weighted by molar-refractivity contribution is 9.10. The summed E-state index contributed by atoms with van der Waals surface area (Å²) in [7, 11) is 1.18. The van der Waals surface area contributed by atoms with E-state index >= 15 is 0 Å². The molecule has 0 aliphatic heterocycles. The van der Waals surface area contributed by atoms with Gasteiger partial charge in [-0.15, -0.1) is 0 Å². The van der Waals surface area contributed by atoms with Gasteiger partial charge in [0.05, 0.1) is 12.7 Å². The fourth-order valence-electron chi connectivity index (χ4n) is 0.902. The van der Waals surface area contributed by atoms with Crippen molar-refractivity contribution in [3.05, 3.63) is 28.0 Å². The molecule has 14 heavy (non-hydrogen) atoms. The van der Waals surface area contributed by atoms with Crippen LogP contribution in [0.25, 0.3) is 0 Å². The molecule has 6 heteroatoms. The molecule has 1 nitrogen and oxygen atoms in total. The van der Waals surface area contributed by atoms with Crippen molar-refractivity contribution in [2.75, 3.05) is 7.11 Å². The molecular weight excluding hydrogens is 268 g/mol. The fourth-order valence-corrected chi connectivity index (χ4v) is 1.45. The molecule has 0 aromatic heterocycles. The number of alkyl halides is 3. The number of halogens is 5. The van der Waals surface area contributed by atoms with E-state index in [0.717, 1.165) is 6.07 Å². The van der Waals surface area contributed by atoms with Crippen LogP contribution in [0.4, 0.5) is 17.6 Å². The van der Waals surface area contributed by atoms with E-state index in [2.05, 4.69) is 20.7 Å². The van der Waals surface area contributed by atoms with Gasteiger partial charge in [-0.2, -0.15) is 13.2 Å². The van der Waals surface area contributed by atoms with Gasteiger partial charge in [0, 0.05) is 4.47 Å². The monoisotopic (exact) mass is 272 g/mol. The van der Waals surface area contributed by atoms with Crippen molar-refractivity contribution in [1.82, 2.24) is 0 Å². The predicted molar refractivity (Wildman–Crippen MR) is 45.7 cm³/mol. The smallest absolute Gasteiger partial charge is 0.417 e. The summed E-state index contributed by atoms with van der Waals surface area (Å²) in [6.45, 7) is 0. The first-order valence-electron chi connectivity index (χ1n) is 3.46. The van der Waals surface area contributed by atoms with Gasteiger partial charge in [0.2, 0.25) is 0 Å². The summed E-state index contributed by atoms with van der Waals surface area (Å²) in [5.41, 5.74) is -1.06. The second kappa shape index (κ2) is 3.76. The molecule has 0 radical (unpaired) electrons. The Balaban J connectivity index is 3.29. The third-order valence-electron chi connectivity index (χ3n) is 1.55. The summed E-state index contributed by atoms with van der Waals surface area (Å²) >= 11 is 2.69. The van der Waals surface area contributed by atoms with E-state index in [-0.39, 0.29) is 10.2 Å². The maximum absolute atomic E-state index is 12.9. The topological polar surface area (TPSA) is 9.23 Å². The number of methoxy groups -OCH3 is 1. The minimum atomic E-state index is -4.58. The van der Waals surface area contributed by atoms with E-state index in [4.69, 9.17) is 0 Å². The molecule has 1 rings (SSSR count). The Hall–Kier alpha value is -0.780. The highest BCUT2D eigenvalue weighted by Crippen LogP contribution is 2.37. The number of ether oxygens (including phenoxy) is 1. The zero-order chi connectivity index (χ0) is 10.9. The minimum Gasteiger partial charge on any atom is -0.494 e. The van der Waals surface area contributed by atoms with Gasteiger partial charge in [-0.1, -0.05) is 15.9 Å². The van der Waals surface area contributed by atoms with E-state index in [0.29, 0.717) is 6.07 Å². The third kappa shape index (κ3) is 2.17. The second-order valence-electron chi connectivity index (χ2n) is 2.46. The molecule has 1 aromatic rings. The lowest BCUT2D eigenvalue weighted by molar-refractivity contribution is -0.138. The maximum Gasteiger partial charge on any atom is 0.417 e. The molecule has 0 saturated heterocycles. The zero-order valence-corrected chi connectivity index (χ0v) is 8.54. The van der Waals surface area contributed by atoms with Crippen LogP contribution < -0.4 is 4.74 Å². The van der Waals surface area contributed by atoms with Crippen molar-refractivity contribution in [3.8, 4) is 5.75 Å². The standard InChI is InChI=1S/C8H5BrF4O/c1-14-7-3-5(9)4(2-6(7)10)8(11,12)13/h2-3H,1H3. The van der Waals surface area contributed by atoms with Gasteiger partial charge in [-0.25, -0.2) is 4.39 Å². The maximum atomic E-state index is 12.9. The van der Waals surface area contributed by atoms with Gasteiger partial charge < -0.3 is 4.74 Å². The van der Waals surface area contributed by atoms with Crippen molar-refractivity contribution >= 4 is 15.9 Å². The van der Waals surface area contributed by atoms with E-state index in [1.54, 1.807) is 0 Å². The normalized spacial score (nSPS) is 11.6. The lowest BCUT2D eigenvalue weighted by atomic mass is 10.2. The molecule has 0 amide bonds. The highest BCUT2D eigenvalue weighted by atomic mass is 79.9. The summed E-state index contributed by atoms with van der Waals surface area (Å²) in [6.07, 6.45) is -4.58. The zero-order valence-electron chi connectivity index (χ0n) is 6.95. The summed E-state index contributed by atoms with van der Waals surface area (Å²) in [4.78, 5) is 0. The van der Waals surface area contributed by atoms with Crippen LogP contribution >= 0.6 is 15.9 Å². The Morgan fingerprint density at radius 1 is 1.29 bits per heavy atom. The van der Waals surface area contributed by atoms with E-state index in [1.807, 2.05) is 0 Å². The average Bonchev–Trinajstić information content (AvgIpc) is 2.06. The molecule has 0 heterocycles. The molecule has 0 saturated carbocycles. The number of hydrogen-bond acceptors (Lipinski definition) is 1. The van der Waals surface area contributed by atoms with Crippen molar-refractivity contribution < 1.29 is 22.3 Å². The Bertz CT molecular complexity index is 348. The molecule has 0 unspecified atom stereocenters. The van der Waals surface area contributed by atoms with Crippen LogP contribution in [-0.2, 0) is 6.18 Å². The largest absolute Gasteiger partial charge is 0.494 e. The van der Waals surface area contributed by atoms with Crippen LogP contribution in [0.5, 0.6) is 5.75 Å². The Morgan fingerprint density at radius 2 is 1.86 bits per heavy atom. The molecule has 0 spiro atoms. The Kier molecular flexibility index (Phi) is 3.04. The van der Waals surface area contributed by atoms with Gasteiger partial charge in [0.15, 0.2) is 11.6 Å². The molecule has 0 aliphatic rings. The summed E-state index contributed by atoms with van der Waals surface area (Å²) in [5, 5.41) is 0. The molecule has 78 valence electrons. The lowest BCUT2D eigenvalue weighted by Gasteiger charge is -2.10. The molecule has 0 fully saturated rings. The summed E-state index contributed by atoms with van der Waals surface area (Å²) in [6, 6.07) is 1.33. The van der Waals surface area contributed by atoms with Gasteiger partial charge in [-0.05, 0) is 12.1 Å². The molecule has 1 aromatic carbocycles. The van der Waals surface area contributed by atoms with Gasteiger partial charge in [0.25, 0.3) is 0 Å². The molecule has 0 bridgehead atoms. The third-order valence-corrected chi connectivity index (χ3v) is 2.20. The number of rotatable bonds is 1. The van der Waals surface area contributed by atoms with Gasteiger partial charge >= 0.3 is 6.18 Å². The molecular formula is C8H5BrF4O. The summed E-state index contributed by atoms with van der Waals surface area (Å²) in [5.74, 6) is -1.27. The van der Waals surface area contributed by atoms with Crippen LogP contribution in [-0.4, -0.2) is 7.11 Å². The first-order valence-corrected chi connectivity index (χ1v) is 4.25. The Labute approximate surface area is 85.8 Å². The van der Waals surface area contributed by atoms with Gasteiger partial charge in [-0.3, -0.25) is 0 Å². The molecule has 0 N–H and O–H groups in total. The van der Waals surface area contributed by atoms with E-state index < -0.39 is 17.6 Å². The predicted octanol–water partition coefficient (Wildman–Crippen LogP) is 3.62. The fraction of sp³-hybridized carbons (Fsp3) is 0.250. The van der Waals surface area contributed by atoms with E-state index in [1.165, 1.54) is 7.11 Å². The van der Waals surface area contributed by atoms with Crippen molar-refractivity contribution in [1.29, 1.82) is 0 Å². The Morgan fingerprint density at radius 3 is 2.29 bits per heavy atom. The minimum absolute atomic E-state index is 0.232. The van der Waals surface area contributed by atoms with Crippen molar-refractivity contribution in [2.24, 2.45) is 0 Å². The first-order chi connectivity index (χ1) is 6.36. The van der Waals surface area contributed by atoms with Crippen LogP contribution in [0.2, 0.25) is 0 Å². The average molecular weight is 273 g/mol. The quantitative estimate of drug-likeness (QED) is 0.710. The SMILES string of the molecule is COc1cc(Br)c(C(F)(F)F)cc1F. The van der Waals surface area contributed by atoms with Crippen LogP contribution in [0.15, 0.2) is 16.6 Å². The molecule has 0 atom stereocenters. The van der Waals surface area contributed by atoms with Crippen LogP contribution in [0.3, 0.4) is 0 Å². The lowest BCUT2D eigenvalue weighted by Crippen LogP contribution is -2.07. The van der Waals surface area contributed by atoms with Crippen molar-refractivity contribution in [3.63, 3.8) is 0 Å². The number of hydrogen-bond donors (Lipinski definition) is 0. The van der Waals surface area contributed by atoms with Gasteiger partial charge in [0.1, 0.15) is 0 Å². The summed E-state index contributed by atoms with van der Waals surface area (Å²) < 4.78 is 53.9. The van der Waals surface area contributed by atoms with Crippen molar-refractivity contribution in [2.45, 2.75) is 6.18 Å². The van der Waals surface area contributed by atoms with Crippen LogP contribution in [0.1, 0.15) is 5.56 Å².